The van der Waals surface area contributed by atoms with E-state index < -0.39 is 12.0 Å². The number of rotatable bonds is 5. The number of hydrogen-bond acceptors (Lipinski definition) is 3. The van der Waals surface area contributed by atoms with Crippen molar-refractivity contribution in [2.75, 3.05) is 14.2 Å². The van der Waals surface area contributed by atoms with E-state index in [1.807, 2.05) is 66.9 Å². The number of nitrogens with zero attached hydrogens (tertiary/aromatic N) is 1. The van der Waals surface area contributed by atoms with Gasteiger partial charge in [0, 0.05) is 51.9 Å². The number of hydrogen-bond donors (Lipinski definition) is 2. The fourth-order valence-electron chi connectivity index (χ4n) is 4.86. The van der Waals surface area contributed by atoms with Crippen molar-refractivity contribution in [2.45, 2.75) is 18.5 Å². The molecule has 7 heteroatoms. The lowest BCUT2D eigenvalue weighted by molar-refractivity contribution is -0.124. The van der Waals surface area contributed by atoms with Gasteiger partial charge in [0.1, 0.15) is 5.75 Å². The molecule has 0 radical (unpaired) electrons. The molecule has 172 valence electrons. The van der Waals surface area contributed by atoms with E-state index in [0.717, 1.165) is 32.1 Å². The number of para-hydroxylation sites is 1. The highest BCUT2D eigenvalue weighted by Gasteiger charge is 2.43. The van der Waals surface area contributed by atoms with Crippen molar-refractivity contribution >= 4 is 38.6 Å². The van der Waals surface area contributed by atoms with Crippen LogP contribution in [0.4, 0.5) is 0 Å². The molecule has 2 amide bonds. The van der Waals surface area contributed by atoms with Gasteiger partial charge in [-0.15, -0.1) is 0 Å². The van der Waals surface area contributed by atoms with E-state index >= 15 is 0 Å². The molecule has 0 saturated carbocycles. The number of H-pyrrole nitrogens is 1. The first kappa shape index (κ1) is 22.2. The molecular formula is C27H24BrN3O3. The van der Waals surface area contributed by atoms with Gasteiger partial charge in [-0.1, -0.05) is 52.3 Å². The highest BCUT2D eigenvalue weighted by molar-refractivity contribution is 9.10. The van der Waals surface area contributed by atoms with Gasteiger partial charge in [-0.3, -0.25) is 9.59 Å². The maximum atomic E-state index is 13.8. The van der Waals surface area contributed by atoms with Gasteiger partial charge >= 0.3 is 0 Å². The molecule has 34 heavy (non-hydrogen) atoms. The lowest BCUT2D eigenvalue weighted by atomic mass is 9.79. The second-order valence-corrected chi connectivity index (χ2v) is 9.31. The first-order valence-corrected chi connectivity index (χ1v) is 11.8. The van der Waals surface area contributed by atoms with Crippen LogP contribution in [0.3, 0.4) is 0 Å². The van der Waals surface area contributed by atoms with Crippen LogP contribution in [-0.2, 0) is 11.3 Å². The fraction of sp³-hybridized carbons (Fsp3) is 0.185. The molecule has 3 aromatic carbocycles. The van der Waals surface area contributed by atoms with Gasteiger partial charge in [-0.05, 0) is 35.9 Å². The van der Waals surface area contributed by atoms with Crippen molar-refractivity contribution in [3.63, 3.8) is 0 Å². The average Bonchev–Trinajstić information content (AvgIpc) is 3.28. The average molecular weight is 518 g/mol. The van der Waals surface area contributed by atoms with E-state index in [2.05, 4.69) is 26.2 Å². The summed E-state index contributed by atoms with van der Waals surface area (Å²) in [7, 11) is 3.38. The Hall–Kier alpha value is -3.58. The molecule has 0 aliphatic carbocycles. The van der Waals surface area contributed by atoms with Crippen LogP contribution < -0.4 is 10.1 Å². The zero-order valence-electron chi connectivity index (χ0n) is 18.8. The van der Waals surface area contributed by atoms with Gasteiger partial charge in [0.15, 0.2) is 0 Å². The van der Waals surface area contributed by atoms with Crippen LogP contribution >= 0.6 is 15.9 Å². The predicted molar refractivity (Wildman–Crippen MR) is 135 cm³/mol. The number of likely N-dealkylation sites (N-methyl/N-ethyl adjacent to an activating group) is 1. The van der Waals surface area contributed by atoms with Crippen molar-refractivity contribution in [1.29, 1.82) is 0 Å². The van der Waals surface area contributed by atoms with Gasteiger partial charge in [0.2, 0.25) is 5.91 Å². The van der Waals surface area contributed by atoms with E-state index in [-0.39, 0.29) is 11.8 Å². The highest BCUT2D eigenvalue weighted by atomic mass is 79.9. The zero-order valence-corrected chi connectivity index (χ0v) is 20.4. The maximum absolute atomic E-state index is 13.8. The summed E-state index contributed by atoms with van der Waals surface area (Å²) in [5.41, 5.74) is 4.04. The van der Waals surface area contributed by atoms with Crippen molar-refractivity contribution < 1.29 is 14.3 Å². The minimum atomic E-state index is -0.573. The summed E-state index contributed by atoms with van der Waals surface area (Å²) < 4.78 is 6.37. The number of aromatic nitrogens is 1. The molecule has 2 atom stereocenters. The first-order valence-electron chi connectivity index (χ1n) is 11.0. The summed E-state index contributed by atoms with van der Waals surface area (Å²) in [6.07, 6.45) is 1.91. The summed E-state index contributed by atoms with van der Waals surface area (Å²) in [6.45, 7) is 0.304. The molecule has 2 N–H and O–H groups in total. The number of carbonyl (C=O) groups excluding carboxylic acids is 2. The Morgan fingerprint density at radius 1 is 1.09 bits per heavy atom. The molecule has 0 fully saturated rings. The fourth-order valence-corrected chi connectivity index (χ4v) is 5.27. The van der Waals surface area contributed by atoms with Crippen LogP contribution in [0.2, 0.25) is 0 Å². The molecule has 4 aromatic rings. The van der Waals surface area contributed by atoms with Crippen LogP contribution in [0.1, 0.15) is 39.0 Å². The molecule has 0 spiro atoms. The third kappa shape index (κ3) is 3.76. The summed E-state index contributed by atoms with van der Waals surface area (Å²) in [5.74, 6) is -0.114. The Kier molecular flexibility index (Phi) is 5.87. The van der Waals surface area contributed by atoms with Gasteiger partial charge in [-0.25, -0.2) is 0 Å². The summed E-state index contributed by atoms with van der Waals surface area (Å²) in [6, 6.07) is 20.5. The Labute approximate surface area is 206 Å². The van der Waals surface area contributed by atoms with E-state index in [4.69, 9.17) is 4.74 Å². The lowest BCUT2D eigenvalue weighted by Crippen LogP contribution is -2.45. The lowest BCUT2D eigenvalue weighted by Gasteiger charge is -2.39. The standard InChI is InChI=1S/C27H24BrN3O3/c1-31-25(21-15-29-22-10-6-5-7-18(21)22)24(19-8-3-4-9-20(19)27(31)33)26(32)30-14-16-13-17(28)11-12-23(16)34-2/h3-13,15,24-25,29H,14H2,1-2H3,(H,30,32). The molecule has 0 bridgehead atoms. The number of amides is 2. The minimum absolute atomic E-state index is 0.0939. The topological polar surface area (TPSA) is 74.4 Å². The molecule has 5 rings (SSSR count). The smallest absolute Gasteiger partial charge is 0.254 e. The third-order valence-corrected chi connectivity index (χ3v) is 6.99. The van der Waals surface area contributed by atoms with Crippen LogP contribution in [0.25, 0.3) is 10.9 Å². The summed E-state index contributed by atoms with van der Waals surface area (Å²) >= 11 is 3.49. The molecule has 6 nitrogen and oxygen atoms in total. The second-order valence-electron chi connectivity index (χ2n) is 8.39. The number of carbonyl (C=O) groups is 2. The van der Waals surface area contributed by atoms with Crippen molar-refractivity contribution in [2.24, 2.45) is 0 Å². The van der Waals surface area contributed by atoms with Gasteiger partial charge in [-0.2, -0.15) is 0 Å². The minimum Gasteiger partial charge on any atom is -0.496 e. The van der Waals surface area contributed by atoms with Crippen LogP contribution in [0.15, 0.2) is 77.4 Å². The molecule has 2 heterocycles. The monoisotopic (exact) mass is 517 g/mol. The van der Waals surface area contributed by atoms with Crippen LogP contribution in [0, 0.1) is 0 Å². The maximum Gasteiger partial charge on any atom is 0.254 e. The molecular weight excluding hydrogens is 494 g/mol. The highest BCUT2D eigenvalue weighted by Crippen LogP contribution is 2.44. The second kappa shape index (κ2) is 8.99. The van der Waals surface area contributed by atoms with Gasteiger partial charge < -0.3 is 19.9 Å². The van der Waals surface area contributed by atoms with E-state index in [9.17, 15) is 9.59 Å². The number of ether oxygens (including phenoxy) is 1. The molecule has 1 aromatic heterocycles. The number of nitrogens with one attached hydrogen (secondary N) is 2. The summed E-state index contributed by atoms with van der Waals surface area (Å²) in [5, 5.41) is 4.10. The SMILES string of the molecule is COc1ccc(Br)cc1CNC(=O)C1c2ccccc2C(=O)N(C)C1c1c[nH]c2ccccc12. The van der Waals surface area contributed by atoms with Crippen LogP contribution in [0.5, 0.6) is 5.75 Å². The number of halogens is 1. The normalized spacial score (nSPS) is 17.5. The van der Waals surface area contributed by atoms with E-state index in [0.29, 0.717) is 17.9 Å². The van der Waals surface area contributed by atoms with Crippen molar-refractivity contribution in [3.8, 4) is 5.75 Å². The van der Waals surface area contributed by atoms with E-state index in [1.165, 1.54) is 0 Å². The quantitative estimate of drug-likeness (QED) is 0.383. The number of methoxy groups -OCH3 is 1. The molecule has 2 unspecified atom stereocenters. The number of benzene rings is 3. The largest absolute Gasteiger partial charge is 0.496 e. The number of aromatic amines is 1. The van der Waals surface area contributed by atoms with Gasteiger partial charge in [0.25, 0.3) is 5.91 Å². The molecule has 0 saturated heterocycles. The zero-order chi connectivity index (χ0) is 23.8. The molecule has 1 aliphatic rings. The first-order chi connectivity index (χ1) is 16.5. The Balaban J connectivity index is 1.56. The van der Waals surface area contributed by atoms with Crippen molar-refractivity contribution in [3.05, 3.63) is 99.7 Å². The Morgan fingerprint density at radius 2 is 1.85 bits per heavy atom. The summed E-state index contributed by atoms with van der Waals surface area (Å²) in [4.78, 5) is 32.1. The number of fused-ring (bicyclic) bond motifs is 2. The molecule has 1 aliphatic heterocycles. The Bertz CT molecular complexity index is 1400. The Morgan fingerprint density at radius 3 is 2.68 bits per heavy atom. The van der Waals surface area contributed by atoms with Crippen LogP contribution in [-0.4, -0.2) is 35.9 Å². The van der Waals surface area contributed by atoms with Crippen molar-refractivity contribution in [1.82, 2.24) is 15.2 Å². The predicted octanol–water partition coefficient (Wildman–Crippen LogP) is 5.17. The van der Waals surface area contributed by atoms with E-state index in [1.54, 1.807) is 25.1 Å². The van der Waals surface area contributed by atoms with Gasteiger partial charge in [0.05, 0.1) is 19.1 Å². The third-order valence-electron chi connectivity index (χ3n) is 6.50.